The normalized spacial score (nSPS) is 24.1. The molecule has 2 saturated heterocycles. The molecule has 0 radical (unpaired) electrons. The largest absolute Gasteiger partial charge is 0.480 e. The highest BCUT2D eigenvalue weighted by molar-refractivity contribution is 5.80. The third-order valence-electron chi connectivity index (χ3n) is 8.04. The van der Waals surface area contributed by atoms with Crippen LogP contribution in [0.25, 0.3) is 11.0 Å². The molecule has 7 heteroatoms. The van der Waals surface area contributed by atoms with Crippen LogP contribution in [0.15, 0.2) is 29.1 Å². The van der Waals surface area contributed by atoms with Crippen molar-refractivity contribution in [3.05, 3.63) is 34.6 Å². The van der Waals surface area contributed by atoms with Gasteiger partial charge < -0.3 is 19.5 Å². The van der Waals surface area contributed by atoms with Crippen LogP contribution in [-0.4, -0.2) is 57.2 Å². The lowest BCUT2D eigenvalue weighted by Gasteiger charge is -2.39. The molecule has 178 valence electrons. The number of para-hydroxylation sites is 2. The molecule has 7 nitrogen and oxygen atoms in total. The zero-order valence-electron chi connectivity index (χ0n) is 19.5. The van der Waals surface area contributed by atoms with Crippen LogP contribution >= 0.6 is 0 Å². The van der Waals surface area contributed by atoms with Crippen LogP contribution in [-0.2, 0) is 4.79 Å². The second-order valence-corrected chi connectivity index (χ2v) is 10.1. The van der Waals surface area contributed by atoms with Crippen molar-refractivity contribution >= 4 is 22.8 Å². The van der Waals surface area contributed by atoms with E-state index in [1.807, 2.05) is 28.8 Å². The third kappa shape index (κ3) is 4.52. The zero-order valence-corrected chi connectivity index (χ0v) is 19.5. The average molecular weight is 453 g/mol. The summed E-state index contributed by atoms with van der Waals surface area (Å²) in [6.07, 6.45) is 12.6. The molecule has 0 unspecified atom stereocenters. The van der Waals surface area contributed by atoms with Crippen molar-refractivity contribution in [1.29, 1.82) is 0 Å². The fourth-order valence-corrected chi connectivity index (χ4v) is 6.28. The first-order valence-electron chi connectivity index (χ1n) is 12.9. The Morgan fingerprint density at radius 2 is 1.55 bits per heavy atom. The van der Waals surface area contributed by atoms with Gasteiger partial charge in [0.05, 0.1) is 11.0 Å². The van der Waals surface area contributed by atoms with Gasteiger partial charge in [-0.1, -0.05) is 44.2 Å². The topological polar surface area (TPSA) is 78.7 Å². The van der Waals surface area contributed by atoms with Crippen LogP contribution in [0.1, 0.15) is 76.7 Å². The molecule has 1 atom stereocenters. The lowest BCUT2D eigenvalue weighted by Crippen LogP contribution is -2.45. The molecular weight excluding hydrogens is 416 g/mol. The predicted molar refractivity (Wildman–Crippen MR) is 130 cm³/mol. The smallest absolute Gasteiger partial charge is 0.326 e. The number of fused-ring (bicyclic) bond motifs is 1. The highest BCUT2D eigenvalue weighted by atomic mass is 16.4. The second kappa shape index (κ2) is 9.84. The molecule has 0 amide bonds. The summed E-state index contributed by atoms with van der Waals surface area (Å²) in [6.45, 7) is 2.61. The molecule has 2 aromatic rings. The third-order valence-corrected chi connectivity index (χ3v) is 8.04. The highest BCUT2D eigenvalue weighted by Crippen LogP contribution is 2.31. The van der Waals surface area contributed by atoms with E-state index in [4.69, 9.17) is 0 Å². The van der Waals surface area contributed by atoms with Crippen LogP contribution in [0.3, 0.4) is 0 Å². The number of hydrogen-bond donors (Lipinski definition) is 1. The Kier molecular flexibility index (Phi) is 6.67. The maximum absolute atomic E-state index is 13.8. The summed E-state index contributed by atoms with van der Waals surface area (Å²) in [5.74, 6) is -0.568. The van der Waals surface area contributed by atoms with E-state index in [-0.39, 0.29) is 11.6 Å². The molecule has 1 N–H and O–H groups in total. The van der Waals surface area contributed by atoms with Gasteiger partial charge in [0, 0.05) is 31.7 Å². The van der Waals surface area contributed by atoms with Gasteiger partial charge in [0.1, 0.15) is 6.04 Å². The first-order chi connectivity index (χ1) is 16.1. The molecule has 33 heavy (non-hydrogen) atoms. The van der Waals surface area contributed by atoms with Crippen LogP contribution in [0, 0.1) is 0 Å². The highest BCUT2D eigenvalue weighted by Gasteiger charge is 2.35. The van der Waals surface area contributed by atoms with E-state index in [1.165, 1.54) is 44.9 Å². The number of anilines is 1. The van der Waals surface area contributed by atoms with Crippen molar-refractivity contribution in [1.82, 2.24) is 14.5 Å². The van der Waals surface area contributed by atoms with Crippen molar-refractivity contribution in [2.75, 3.05) is 24.5 Å². The van der Waals surface area contributed by atoms with E-state index in [9.17, 15) is 14.7 Å². The SMILES string of the molecule is O=C(O)[C@@H]1CCCN1c1nc2ccccc2n(C2CCN(C3CCCCCCC3)CC2)c1=O. The molecule has 1 aliphatic carbocycles. The molecule has 1 aromatic carbocycles. The van der Waals surface area contributed by atoms with Crippen molar-refractivity contribution in [3.8, 4) is 0 Å². The molecule has 2 aliphatic heterocycles. The van der Waals surface area contributed by atoms with Gasteiger partial charge in [0.15, 0.2) is 5.82 Å². The minimum absolute atomic E-state index is 0.125. The summed E-state index contributed by atoms with van der Waals surface area (Å²) in [5, 5.41) is 9.67. The van der Waals surface area contributed by atoms with Crippen LogP contribution in [0.4, 0.5) is 5.82 Å². The van der Waals surface area contributed by atoms with E-state index < -0.39 is 12.0 Å². The summed E-state index contributed by atoms with van der Waals surface area (Å²) < 4.78 is 1.93. The molecule has 5 rings (SSSR count). The number of piperidine rings is 1. The number of carbonyl (C=O) groups is 1. The van der Waals surface area contributed by atoms with Gasteiger partial charge in [0.2, 0.25) is 0 Å². The van der Waals surface area contributed by atoms with Gasteiger partial charge in [-0.15, -0.1) is 0 Å². The number of hydrogen-bond acceptors (Lipinski definition) is 5. The molecule has 0 spiro atoms. The fraction of sp³-hybridized carbons (Fsp3) is 0.654. The van der Waals surface area contributed by atoms with Gasteiger partial charge in [-0.25, -0.2) is 9.78 Å². The zero-order chi connectivity index (χ0) is 22.8. The van der Waals surface area contributed by atoms with E-state index in [0.29, 0.717) is 24.8 Å². The number of carboxylic acid groups (broad SMARTS) is 1. The Morgan fingerprint density at radius 3 is 2.27 bits per heavy atom. The summed E-state index contributed by atoms with van der Waals surface area (Å²) in [5.41, 5.74) is 1.50. The number of carboxylic acids is 1. The minimum atomic E-state index is -0.874. The number of nitrogens with zero attached hydrogens (tertiary/aromatic N) is 4. The van der Waals surface area contributed by atoms with Gasteiger partial charge in [-0.3, -0.25) is 4.79 Å². The maximum atomic E-state index is 13.8. The number of aromatic nitrogens is 2. The Balaban J connectivity index is 1.43. The van der Waals surface area contributed by atoms with E-state index in [0.717, 1.165) is 43.4 Å². The summed E-state index contributed by atoms with van der Waals surface area (Å²) in [6, 6.07) is 7.95. The molecular formula is C26H36N4O3. The lowest BCUT2D eigenvalue weighted by molar-refractivity contribution is -0.138. The predicted octanol–water partition coefficient (Wildman–Crippen LogP) is 4.20. The molecule has 0 bridgehead atoms. The van der Waals surface area contributed by atoms with E-state index in [2.05, 4.69) is 9.88 Å². The maximum Gasteiger partial charge on any atom is 0.326 e. The van der Waals surface area contributed by atoms with Crippen LogP contribution in [0.2, 0.25) is 0 Å². The Labute approximate surface area is 195 Å². The average Bonchev–Trinajstić information content (AvgIpc) is 3.29. The Hall–Kier alpha value is -2.41. The molecule has 3 fully saturated rings. The molecule has 1 saturated carbocycles. The number of benzene rings is 1. The van der Waals surface area contributed by atoms with Crippen molar-refractivity contribution < 1.29 is 9.90 Å². The fourth-order valence-electron chi connectivity index (χ4n) is 6.28. The summed E-state index contributed by atoms with van der Waals surface area (Å²) >= 11 is 0. The van der Waals surface area contributed by atoms with Crippen LogP contribution < -0.4 is 10.5 Å². The molecule has 1 aromatic heterocycles. The van der Waals surface area contributed by atoms with Gasteiger partial charge >= 0.3 is 5.97 Å². The first kappa shape index (κ1) is 22.4. The lowest BCUT2D eigenvalue weighted by atomic mass is 9.93. The number of rotatable bonds is 4. The summed E-state index contributed by atoms with van der Waals surface area (Å²) in [7, 11) is 0. The Morgan fingerprint density at radius 1 is 0.848 bits per heavy atom. The van der Waals surface area contributed by atoms with Gasteiger partial charge in [-0.2, -0.15) is 0 Å². The van der Waals surface area contributed by atoms with Gasteiger partial charge in [-0.05, 0) is 50.7 Å². The monoisotopic (exact) mass is 452 g/mol. The van der Waals surface area contributed by atoms with Gasteiger partial charge in [0.25, 0.3) is 5.56 Å². The van der Waals surface area contributed by atoms with Crippen molar-refractivity contribution in [3.63, 3.8) is 0 Å². The minimum Gasteiger partial charge on any atom is -0.480 e. The molecule has 3 aliphatic rings. The molecule has 3 heterocycles. The van der Waals surface area contributed by atoms with Crippen molar-refractivity contribution in [2.24, 2.45) is 0 Å². The van der Waals surface area contributed by atoms with Crippen LogP contribution in [0.5, 0.6) is 0 Å². The number of likely N-dealkylation sites (tertiary alicyclic amines) is 1. The standard InChI is InChI=1S/C26H36N4O3/c31-25-24(29-16-8-13-23(29)26(32)33)27-21-11-6-7-12-22(21)30(25)20-14-17-28(18-15-20)19-9-4-2-1-3-5-10-19/h6-7,11-12,19-20,23H,1-5,8-10,13-18H2,(H,32,33)/t23-/m0/s1. The quantitative estimate of drug-likeness (QED) is 0.749. The second-order valence-electron chi connectivity index (χ2n) is 10.1. The van der Waals surface area contributed by atoms with E-state index in [1.54, 1.807) is 4.90 Å². The van der Waals surface area contributed by atoms with E-state index >= 15 is 0 Å². The first-order valence-corrected chi connectivity index (χ1v) is 12.9. The number of aliphatic carboxylic acids is 1. The Bertz CT molecular complexity index is 1040. The summed E-state index contributed by atoms with van der Waals surface area (Å²) in [4.78, 5) is 34.6. The van der Waals surface area contributed by atoms with Crippen molar-refractivity contribution in [2.45, 2.75) is 88.8 Å².